The van der Waals surface area contributed by atoms with E-state index in [1.165, 1.54) is 0 Å². The zero-order valence-corrected chi connectivity index (χ0v) is 28.6. The van der Waals surface area contributed by atoms with Gasteiger partial charge in [0.1, 0.15) is 0 Å². The van der Waals surface area contributed by atoms with Crippen molar-refractivity contribution in [3.05, 3.63) is 119 Å². The molecular weight excluding hydrogens is 655 g/mol. The molecule has 0 saturated carbocycles. The summed E-state index contributed by atoms with van der Waals surface area (Å²) in [4.78, 5) is 37.0. The van der Waals surface area contributed by atoms with E-state index < -0.39 is 12.3 Å². The van der Waals surface area contributed by atoms with Gasteiger partial charge in [-0.25, -0.2) is 4.79 Å². The van der Waals surface area contributed by atoms with Gasteiger partial charge in [0.25, 0.3) is 0 Å². The van der Waals surface area contributed by atoms with E-state index in [1.807, 2.05) is 60.7 Å². The first-order valence-corrected chi connectivity index (χ1v) is 17.8. The normalized spacial score (nSPS) is 17.2. The predicted molar refractivity (Wildman–Crippen MR) is 195 cm³/mol. The predicted octanol–water partition coefficient (Wildman–Crippen LogP) is 7.71. The molecule has 1 aliphatic rings. The Morgan fingerprint density at radius 3 is 2.04 bits per heavy atom. The zero-order valence-electron chi connectivity index (χ0n) is 27.8. The fraction of sp³-hybridized carbons (Fsp3) is 0.308. The van der Waals surface area contributed by atoms with Gasteiger partial charge in [-0.15, -0.1) is 11.8 Å². The highest BCUT2D eigenvalue weighted by Gasteiger charge is 2.32. The Balaban J connectivity index is 1.10. The topological polar surface area (TPSA) is 160 Å². The third-order valence-corrected chi connectivity index (χ3v) is 9.56. The summed E-state index contributed by atoms with van der Waals surface area (Å²) in [5, 5.41) is 24.5. The van der Waals surface area contributed by atoms with Crippen LogP contribution in [0.5, 0.6) is 0 Å². The summed E-state index contributed by atoms with van der Waals surface area (Å²) in [7, 11) is 0. The number of unbranched alkanes of at least 4 members (excludes halogenated alkanes) is 3. The molecular formula is C39H43N3O7S. The van der Waals surface area contributed by atoms with E-state index in [2.05, 4.69) is 10.6 Å². The van der Waals surface area contributed by atoms with Crippen LogP contribution in [-0.4, -0.2) is 39.9 Å². The molecule has 50 heavy (non-hydrogen) atoms. The summed E-state index contributed by atoms with van der Waals surface area (Å²) < 4.78 is 12.8. The van der Waals surface area contributed by atoms with Crippen molar-refractivity contribution in [1.29, 1.82) is 0 Å². The number of hydrogen-bond donors (Lipinski definition) is 5. The summed E-state index contributed by atoms with van der Waals surface area (Å²) in [6, 6.07) is 29.1. The highest BCUT2D eigenvalue weighted by atomic mass is 32.2. The van der Waals surface area contributed by atoms with Gasteiger partial charge in [0, 0.05) is 41.2 Å². The van der Waals surface area contributed by atoms with Gasteiger partial charge in [-0.2, -0.15) is 0 Å². The minimum Gasteiger partial charge on any atom is -0.478 e. The number of amides is 2. The van der Waals surface area contributed by atoms with Gasteiger partial charge in [-0.05, 0) is 72.5 Å². The Kier molecular flexibility index (Phi) is 13.4. The third-order valence-electron chi connectivity index (χ3n) is 8.41. The van der Waals surface area contributed by atoms with Crippen molar-refractivity contribution in [3.8, 4) is 0 Å². The van der Waals surface area contributed by atoms with E-state index in [0.717, 1.165) is 47.3 Å². The van der Waals surface area contributed by atoms with Crippen LogP contribution in [0.1, 0.15) is 84.4 Å². The Morgan fingerprint density at radius 2 is 1.40 bits per heavy atom. The molecule has 4 aromatic carbocycles. The largest absolute Gasteiger partial charge is 0.478 e. The molecule has 5 rings (SSSR count). The van der Waals surface area contributed by atoms with Gasteiger partial charge >= 0.3 is 5.97 Å². The quantitative estimate of drug-likeness (QED) is 0.0449. The number of anilines is 3. The lowest BCUT2D eigenvalue weighted by Gasteiger charge is -2.36. The Bertz CT molecular complexity index is 1720. The number of carboxylic acids is 1. The molecule has 262 valence electrons. The molecule has 1 aliphatic heterocycles. The zero-order chi connectivity index (χ0) is 35.3. The molecule has 11 heteroatoms. The molecule has 2 amide bonds. The molecule has 6 N–H and O–H groups in total. The Morgan fingerprint density at radius 1 is 0.760 bits per heavy atom. The molecule has 0 spiro atoms. The average Bonchev–Trinajstić information content (AvgIpc) is 3.13. The van der Waals surface area contributed by atoms with Crippen LogP contribution < -0.4 is 16.4 Å². The van der Waals surface area contributed by atoms with Crippen molar-refractivity contribution in [2.45, 2.75) is 74.9 Å². The van der Waals surface area contributed by atoms with Crippen LogP contribution in [0, 0.1) is 0 Å². The lowest BCUT2D eigenvalue weighted by molar-refractivity contribution is -0.245. The van der Waals surface area contributed by atoms with E-state index in [0.29, 0.717) is 42.1 Å². The number of aliphatic hydroxyl groups excluding tert-OH is 1. The number of nitrogen functional groups attached to an aromatic ring is 1. The lowest BCUT2D eigenvalue weighted by Crippen LogP contribution is -2.31. The van der Waals surface area contributed by atoms with Crippen LogP contribution >= 0.6 is 11.8 Å². The summed E-state index contributed by atoms with van der Waals surface area (Å²) in [6.07, 6.45) is 3.55. The number of hydrogen-bond acceptors (Lipinski definition) is 8. The van der Waals surface area contributed by atoms with E-state index in [1.54, 1.807) is 48.2 Å². The van der Waals surface area contributed by atoms with E-state index in [-0.39, 0.29) is 36.2 Å². The van der Waals surface area contributed by atoms with Gasteiger partial charge in [0.2, 0.25) is 11.8 Å². The first kappa shape index (κ1) is 36.6. The van der Waals surface area contributed by atoms with Gasteiger partial charge in [-0.1, -0.05) is 61.4 Å². The Hall–Kier alpha value is -4.68. The SMILES string of the molecule is Nc1ccccc1NC(=O)CCCCCCC(=O)Nc1ccc([C@@H]2O[C@H](CSc3ccc(C(=O)O)cc3)C[C@H](c3ccc(CO)cc3)O2)cc1. The maximum atomic E-state index is 12.6. The second kappa shape index (κ2) is 18.4. The van der Waals surface area contributed by atoms with Gasteiger partial charge in [0.05, 0.1) is 35.8 Å². The monoisotopic (exact) mass is 697 g/mol. The number of carboxylic acid groups (broad SMARTS) is 1. The molecule has 0 bridgehead atoms. The van der Waals surface area contributed by atoms with Crippen LogP contribution in [0.15, 0.2) is 102 Å². The number of carbonyl (C=O) groups is 3. The maximum absolute atomic E-state index is 12.6. The van der Waals surface area contributed by atoms with Crippen LogP contribution in [0.3, 0.4) is 0 Å². The van der Waals surface area contributed by atoms with Crippen molar-refractivity contribution in [2.75, 3.05) is 22.1 Å². The van der Waals surface area contributed by atoms with E-state index in [9.17, 15) is 24.6 Å². The number of nitrogens with two attached hydrogens (primary N) is 1. The standard InChI is InChI=1S/C39H43N3O7S/c40-33-7-5-6-8-34(33)42-37(45)10-4-2-1-3-9-36(44)41-30-19-15-29(16-20-30)39-48-31(25-50-32-21-17-28(18-22-32)38(46)47)23-35(49-39)27-13-11-26(24-43)12-14-27/h5-8,11-22,31,35,39,43H,1-4,9-10,23-25,40H2,(H,41,44)(H,42,45)(H,46,47)/t31-,35+,39+/m0/s1. The number of benzene rings is 4. The Labute approximate surface area is 296 Å². The summed E-state index contributed by atoms with van der Waals surface area (Å²) in [6.45, 7) is -0.0352. The van der Waals surface area contributed by atoms with Gasteiger partial charge in [0.15, 0.2) is 6.29 Å². The molecule has 3 atom stereocenters. The van der Waals surface area contributed by atoms with Crippen molar-refractivity contribution < 1.29 is 34.1 Å². The smallest absolute Gasteiger partial charge is 0.335 e. The number of rotatable bonds is 16. The van der Waals surface area contributed by atoms with Crippen molar-refractivity contribution in [1.82, 2.24) is 0 Å². The minimum absolute atomic E-state index is 0.0352. The molecule has 0 aliphatic carbocycles. The molecule has 10 nitrogen and oxygen atoms in total. The highest BCUT2D eigenvalue weighted by molar-refractivity contribution is 7.99. The molecule has 1 saturated heterocycles. The number of ether oxygens (including phenoxy) is 2. The van der Waals surface area contributed by atoms with Crippen LogP contribution in [0.4, 0.5) is 17.1 Å². The van der Waals surface area contributed by atoms with E-state index in [4.69, 9.17) is 15.2 Å². The molecule has 1 fully saturated rings. The van der Waals surface area contributed by atoms with Crippen LogP contribution in [0.25, 0.3) is 0 Å². The second-order valence-corrected chi connectivity index (χ2v) is 13.3. The van der Waals surface area contributed by atoms with Crippen LogP contribution in [-0.2, 0) is 25.7 Å². The second-order valence-electron chi connectivity index (χ2n) is 12.2. The molecule has 0 unspecified atom stereocenters. The van der Waals surface area contributed by atoms with Gasteiger partial charge < -0.3 is 36.1 Å². The number of para-hydroxylation sites is 2. The number of aliphatic hydroxyl groups is 1. The maximum Gasteiger partial charge on any atom is 0.335 e. The fourth-order valence-corrected chi connectivity index (χ4v) is 6.52. The third kappa shape index (κ3) is 10.9. The number of nitrogens with one attached hydrogen (secondary N) is 2. The number of carbonyl (C=O) groups excluding carboxylic acids is 2. The first-order chi connectivity index (χ1) is 24.3. The van der Waals surface area contributed by atoms with Crippen LogP contribution in [0.2, 0.25) is 0 Å². The number of aromatic carboxylic acids is 1. The molecule has 1 heterocycles. The van der Waals surface area contributed by atoms with Gasteiger partial charge in [-0.3, -0.25) is 9.59 Å². The number of thioether (sulfide) groups is 1. The summed E-state index contributed by atoms with van der Waals surface area (Å²) in [5.74, 6) is -0.458. The molecule has 0 radical (unpaired) electrons. The van der Waals surface area contributed by atoms with E-state index >= 15 is 0 Å². The average molecular weight is 698 g/mol. The van der Waals surface area contributed by atoms with Crippen molar-refractivity contribution >= 4 is 46.6 Å². The lowest BCUT2D eigenvalue weighted by atomic mass is 10.0. The fourth-order valence-electron chi connectivity index (χ4n) is 5.60. The summed E-state index contributed by atoms with van der Waals surface area (Å²) in [5.41, 5.74) is 10.6. The van der Waals surface area contributed by atoms with Crippen molar-refractivity contribution in [2.24, 2.45) is 0 Å². The minimum atomic E-state index is -0.959. The highest BCUT2D eigenvalue weighted by Crippen LogP contribution is 2.39. The molecule has 0 aromatic heterocycles. The first-order valence-electron chi connectivity index (χ1n) is 16.8. The van der Waals surface area contributed by atoms with Crippen molar-refractivity contribution in [3.63, 3.8) is 0 Å². The summed E-state index contributed by atoms with van der Waals surface area (Å²) >= 11 is 1.59. The molecule has 4 aromatic rings.